The highest BCUT2D eigenvalue weighted by Crippen LogP contribution is 2.29. The first-order valence-corrected chi connectivity index (χ1v) is 4.86. The molecule has 0 aliphatic carbocycles. The zero-order valence-corrected chi connectivity index (χ0v) is 9.87. The van der Waals surface area contributed by atoms with Crippen LogP contribution in [0.5, 0.6) is 5.88 Å². The number of rotatable bonds is 2. The highest BCUT2D eigenvalue weighted by atomic mass is 127. The number of nitrogens with zero attached hydrogens (tertiary/aromatic N) is 2. The number of aromatic nitrogens is 1. The van der Waals surface area contributed by atoms with Crippen LogP contribution in [0.25, 0.3) is 0 Å². The summed E-state index contributed by atoms with van der Waals surface area (Å²) in [7, 11) is 0. The van der Waals surface area contributed by atoms with Gasteiger partial charge in [-0.2, -0.15) is 0 Å². The molecule has 0 bridgehead atoms. The van der Waals surface area contributed by atoms with Gasteiger partial charge in [-0.1, -0.05) is 0 Å². The summed E-state index contributed by atoms with van der Waals surface area (Å²) in [5, 5.41) is 10.5. The van der Waals surface area contributed by atoms with E-state index in [1.807, 2.05) is 0 Å². The lowest BCUT2D eigenvalue weighted by molar-refractivity contribution is -0.390. The van der Waals surface area contributed by atoms with E-state index in [0.717, 1.165) is 0 Å². The second-order valence-corrected chi connectivity index (χ2v) is 3.88. The van der Waals surface area contributed by atoms with Gasteiger partial charge in [0.25, 0.3) is 0 Å². The molecule has 0 spiro atoms. The predicted octanol–water partition coefficient (Wildman–Crippen LogP) is 2.80. The maximum atomic E-state index is 11.9. The minimum atomic E-state index is -4.92. The molecule has 1 aromatic heterocycles. The minimum Gasteiger partial charge on any atom is -0.366 e. The molecule has 0 saturated heterocycles. The number of halogens is 4. The van der Waals surface area contributed by atoms with E-state index in [1.165, 1.54) is 13.0 Å². The van der Waals surface area contributed by atoms with Crippen LogP contribution in [0.4, 0.5) is 19.0 Å². The molecule has 0 aromatic carbocycles. The maximum Gasteiger partial charge on any atom is 0.575 e. The third-order valence-electron chi connectivity index (χ3n) is 1.49. The Kier molecular flexibility index (Phi) is 3.55. The van der Waals surface area contributed by atoms with Gasteiger partial charge in [-0.15, -0.1) is 13.2 Å². The monoisotopic (exact) mass is 348 g/mol. The van der Waals surface area contributed by atoms with Crippen molar-refractivity contribution in [2.45, 2.75) is 13.3 Å². The molecule has 1 heterocycles. The van der Waals surface area contributed by atoms with Gasteiger partial charge in [0.1, 0.15) is 3.57 Å². The van der Waals surface area contributed by atoms with E-state index < -0.39 is 23.0 Å². The summed E-state index contributed by atoms with van der Waals surface area (Å²) in [6.45, 7) is 1.38. The SMILES string of the molecule is Cc1cc(I)c(OC(F)(F)F)nc1[N+](=O)[O-]. The fourth-order valence-electron chi connectivity index (χ4n) is 0.920. The molecule has 0 saturated carbocycles. The van der Waals surface area contributed by atoms with Gasteiger partial charge in [-0.25, -0.2) is 0 Å². The lowest BCUT2D eigenvalue weighted by Crippen LogP contribution is -2.19. The van der Waals surface area contributed by atoms with E-state index in [4.69, 9.17) is 0 Å². The first-order valence-electron chi connectivity index (χ1n) is 3.78. The molecule has 0 aliphatic heterocycles. The quantitative estimate of drug-likeness (QED) is 0.468. The number of alkyl halides is 3. The highest BCUT2D eigenvalue weighted by molar-refractivity contribution is 14.1. The average Bonchev–Trinajstić information content (AvgIpc) is 2.07. The standard InChI is InChI=1S/C7H4F3IN2O3/c1-3-2-4(11)6(16-7(8,9)10)12-5(3)13(14)15/h2H,1H3. The smallest absolute Gasteiger partial charge is 0.366 e. The van der Waals surface area contributed by atoms with Crippen LogP contribution in [0, 0.1) is 20.6 Å². The second-order valence-electron chi connectivity index (χ2n) is 2.72. The van der Waals surface area contributed by atoms with Crippen molar-refractivity contribution in [3.63, 3.8) is 0 Å². The minimum absolute atomic E-state index is 0.0537. The first kappa shape index (κ1) is 12.9. The van der Waals surface area contributed by atoms with Gasteiger partial charge in [-0.05, 0) is 40.5 Å². The number of hydrogen-bond donors (Lipinski definition) is 0. The number of aryl methyl sites for hydroxylation is 1. The molecule has 1 rings (SSSR count). The van der Waals surface area contributed by atoms with Crippen molar-refractivity contribution in [2.24, 2.45) is 0 Å². The Balaban J connectivity index is 3.20. The fourth-order valence-corrected chi connectivity index (χ4v) is 1.62. The van der Waals surface area contributed by atoms with Gasteiger partial charge in [0.05, 0.1) is 0 Å². The molecule has 0 amide bonds. The molecule has 0 aliphatic rings. The van der Waals surface area contributed by atoms with Gasteiger partial charge in [-0.3, -0.25) is 0 Å². The van der Waals surface area contributed by atoms with Crippen molar-refractivity contribution in [1.29, 1.82) is 0 Å². The summed E-state index contributed by atoms with van der Waals surface area (Å²) < 4.78 is 39.4. The van der Waals surface area contributed by atoms with E-state index in [9.17, 15) is 23.3 Å². The van der Waals surface area contributed by atoms with Crippen LogP contribution in [-0.2, 0) is 0 Å². The Morgan fingerprint density at radius 2 is 2.12 bits per heavy atom. The summed E-state index contributed by atoms with van der Waals surface area (Å²) in [6.07, 6.45) is -4.92. The molecule has 0 fully saturated rings. The van der Waals surface area contributed by atoms with Crippen molar-refractivity contribution < 1.29 is 22.8 Å². The summed E-state index contributed by atoms with van der Waals surface area (Å²) in [5.74, 6) is -1.47. The zero-order chi connectivity index (χ0) is 12.5. The third-order valence-corrected chi connectivity index (χ3v) is 2.27. The van der Waals surface area contributed by atoms with Gasteiger partial charge in [0, 0.05) is 10.5 Å². The third kappa shape index (κ3) is 3.18. The average molecular weight is 348 g/mol. The fraction of sp³-hybridized carbons (Fsp3) is 0.286. The molecule has 16 heavy (non-hydrogen) atoms. The lowest BCUT2D eigenvalue weighted by atomic mass is 10.3. The Bertz CT molecular complexity index is 436. The molecule has 9 heteroatoms. The second kappa shape index (κ2) is 4.39. The van der Waals surface area contributed by atoms with Crippen LogP contribution < -0.4 is 4.74 Å². The van der Waals surface area contributed by atoms with Crippen molar-refractivity contribution in [2.75, 3.05) is 0 Å². The van der Waals surface area contributed by atoms with Crippen molar-refractivity contribution in [3.05, 3.63) is 25.3 Å². The lowest BCUT2D eigenvalue weighted by Gasteiger charge is -2.07. The highest BCUT2D eigenvalue weighted by Gasteiger charge is 2.35. The van der Waals surface area contributed by atoms with Crippen LogP contribution in [-0.4, -0.2) is 16.3 Å². The molecular formula is C7H4F3IN2O3. The number of ether oxygens (including phenoxy) is 1. The molecule has 1 aromatic rings. The zero-order valence-electron chi connectivity index (χ0n) is 7.71. The van der Waals surface area contributed by atoms with Gasteiger partial charge in [0.15, 0.2) is 0 Å². The van der Waals surface area contributed by atoms with E-state index in [1.54, 1.807) is 22.6 Å². The van der Waals surface area contributed by atoms with Crippen molar-refractivity contribution in [3.8, 4) is 5.88 Å². The molecule has 0 unspecified atom stereocenters. The molecule has 88 valence electrons. The molecule has 0 atom stereocenters. The van der Waals surface area contributed by atoms with Crippen LogP contribution in [0.15, 0.2) is 6.07 Å². The Morgan fingerprint density at radius 1 is 1.56 bits per heavy atom. The van der Waals surface area contributed by atoms with Gasteiger partial charge < -0.3 is 14.9 Å². The van der Waals surface area contributed by atoms with E-state index >= 15 is 0 Å². The Labute approximate surface area is 101 Å². The van der Waals surface area contributed by atoms with Crippen molar-refractivity contribution >= 4 is 28.4 Å². The van der Waals surface area contributed by atoms with E-state index in [2.05, 4.69) is 9.72 Å². The van der Waals surface area contributed by atoms with Crippen LogP contribution in [0.1, 0.15) is 5.56 Å². The van der Waals surface area contributed by atoms with Crippen molar-refractivity contribution in [1.82, 2.24) is 4.98 Å². The van der Waals surface area contributed by atoms with Gasteiger partial charge >= 0.3 is 18.1 Å². The summed E-state index contributed by atoms with van der Waals surface area (Å²) >= 11 is 1.56. The molecule has 0 N–H and O–H groups in total. The largest absolute Gasteiger partial charge is 0.575 e. The van der Waals surface area contributed by atoms with E-state index in [-0.39, 0.29) is 9.13 Å². The molecule has 0 radical (unpaired) electrons. The van der Waals surface area contributed by atoms with Gasteiger partial charge in [0.2, 0.25) is 0 Å². The summed E-state index contributed by atoms with van der Waals surface area (Å²) in [6, 6.07) is 1.20. The van der Waals surface area contributed by atoms with Crippen LogP contribution in [0.3, 0.4) is 0 Å². The molecular weight excluding hydrogens is 344 g/mol. The summed E-state index contributed by atoms with van der Waals surface area (Å²) in [4.78, 5) is 12.8. The Hall–Kier alpha value is -1.13. The van der Waals surface area contributed by atoms with E-state index in [0.29, 0.717) is 0 Å². The van der Waals surface area contributed by atoms with Crippen LogP contribution in [0.2, 0.25) is 0 Å². The number of pyridine rings is 1. The van der Waals surface area contributed by atoms with Crippen LogP contribution >= 0.6 is 22.6 Å². The Morgan fingerprint density at radius 3 is 2.56 bits per heavy atom. The maximum absolute atomic E-state index is 11.9. The summed E-state index contributed by atoms with van der Waals surface area (Å²) in [5.41, 5.74) is 0.170. The predicted molar refractivity (Wildman–Crippen MR) is 55.0 cm³/mol. The first-order chi connectivity index (χ1) is 7.20. The molecule has 5 nitrogen and oxygen atoms in total. The normalized spacial score (nSPS) is 11.3. The number of hydrogen-bond acceptors (Lipinski definition) is 4. The number of nitro groups is 1. The topological polar surface area (TPSA) is 65.3 Å².